The van der Waals surface area contributed by atoms with Crippen molar-refractivity contribution in [2.75, 3.05) is 12.4 Å². The number of amides is 1. The normalized spacial score (nSPS) is 11.4. The Labute approximate surface area is 179 Å². The van der Waals surface area contributed by atoms with Gasteiger partial charge < -0.3 is 10.1 Å². The molecular weight excluding hydrogens is 406 g/mol. The predicted octanol–water partition coefficient (Wildman–Crippen LogP) is 3.56. The van der Waals surface area contributed by atoms with E-state index in [1.54, 1.807) is 36.9 Å². The van der Waals surface area contributed by atoms with Gasteiger partial charge in [-0.25, -0.2) is 4.79 Å². The van der Waals surface area contributed by atoms with Crippen LogP contribution in [0.25, 0.3) is 0 Å². The number of benzene rings is 1. The molecule has 0 aliphatic heterocycles. The third-order valence-electron chi connectivity index (χ3n) is 5.04. The minimum atomic E-state index is -0.953. The maximum absolute atomic E-state index is 13.0. The zero-order valence-corrected chi connectivity index (χ0v) is 18.3. The molecule has 0 radical (unpaired) electrons. The predicted molar refractivity (Wildman–Crippen MR) is 114 cm³/mol. The van der Waals surface area contributed by atoms with E-state index in [-0.39, 0.29) is 5.91 Å². The molecule has 8 nitrogen and oxygen atoms in total. The molecule has 3 rings (SSSR count). The molecule has 0 atom stereocenters. The summed E-state index contributed by atoms with van der Waals surface area (Å²) in [7, 11) is 1.35. The fourth-order valence-corrected chi connectivity index (χ4v) is 3.27. The summed E-state index contributed by atoms with van der Waals surface area (Å²) in [6, 6.07) is 7.21. The number of carbonyl (C=O) groups excluding carboxylic acids is 2. The summed E-state index contributed by atoms with van der Waals surface area (Å²) in [4.78, 5) is 25.0. The minimum absolute atomic E-state index is 0.247. The van der Waals surface area contributed by atoms with Gasteiger partial charge in [-0.3, -0.25) is 14.2 Å². The number of hydrogen-bond donors (Lipinski definition) is 1. The van der Waals surface area contributed by atoms with Gasteiger partial charge in [-0.1, -0.05) is 29.8 Å². The van der Waals surface area contributed by atoms with Crippen LogP contribution in [0.2, 0.25) is 5.02 Å². The molecule has 0 aliphatic carbocycles. The number of nitrogens with zero attached hydrogens (tertiary/aromatic N) is 4. The van der Waals surface area contributed by atoms with E-state index >= 15 is 0 Å². The molecule has 3 aromatic rings. The summed E-state index contributed by atoms with van der Waals surface area (Å²) < 4.78 is 8.14. The van der Waals surface area contributed by atoms with Crippen LogP contribution in [0.4, 0.5) is 5.69 Å². The molecule has 2 aromatic heterocycles. The van der Waals surface area contributed by atoms with E-state index in [0.717, 1.165) is 11.3 Å². The number of anilines is 1. The Hall–Kier alpha value is -3.13. The van der Waals surface area contributed by atoms with Crippen LogP contribution in [0.15, 0.2) is 36.7 Å². The fourth-order valence-electron chi connectivity index (χ4n) is 3.14. The van der Waals surface area contributed by atoms with Crippen LogP contribution in [-0.2, 0) is 21.6 Å². The number of carbonyl (C=O) groups is 2. The largest absolute Gasteiger partial charge is 0.465 e. The maximum Gasteiger partial charge on any atom is 0.338 e. The van der Waals surface area contributed by atoms with Gasteiger partial charge in [-0.05, 0) is 39.3 Å². The van der Waals surface area contributed by atoms with E-state index in [1.807, 2.05) is 26.0 Å². The van der Waals surface area contributed by atoms with E-state index < -0.39 is 11.5 Å². The number of ether oxygens (including phenoxy) is 1. The van der Waals surface area contributed by atoms with Crippen molar-refractivity contribution in [1.82, 2.24) is 19.6 Å². The van der Waals surface area contributed by atoms with Crippen molar-refractivity contribution in [2.24, 2.45) is 0 Å². The Morgan fingerprint density at radius 3 is 2.57 bits per heavy atom. The van der Waals surface area contributed by atoms with E-state index in [4.69, 9.17) is 16.3 Å². The van der Waals surface area contributed by atoms with Crippen LogP contribution >= 0.6 is 11.6 Å². The average molecular weight is 430 g/mol. The summed E-state index contributed by atoms with van der Waals surface area (Å²) >= 11 is 5.95. The SMILES string of the molecule is COC(=O)c1ccccc1Cn1nc(C)c(NC(=O)C(C)(C)n2cc(Cl)cn2)c1C. The molecule has 30 heavy (non-hydrogen) atoms. The number of esters is 1. The third-order valence-corrected chi connectivity index (χ3v) is 5.24. The minimum Gasteiger partial charge on any atom is -0.465 e. The molecule has 0 aliphatic rings. The van der Waals surface area contributed by atoms with Gasteiger partial charge >= 0.3 is 5.97 Å². The van der Waals surface area contributed by atoms with E-state index in [0.29, 0.717) is 28.5 Å². The lowest BCUT2D eigenvalue weighted by atomic mass is 10.0. The van der Waals surface area contributed by atoms with Crippen LogP contribution in [0, 0.1) is 13.8 Å². The first-order valence-corrected chi connectivity index (χ1v) is 9.75. The molecule has 158 valence electrons. The van der Waals surface area contributed by atoms with Crippen LogP contribution in [0.3, 0.4) is 0 Å². The summed E-state index contributed by atoms with van der Waals surface area (Å²) in [5.74, 6) is -0.650. The molecule has 1 amide bonds. The first-order chi connectivity index (χ1) is 14.1. The highest BCUT2D eigenvalue weighted by atomic mass is 35.5. The second-order valence-electron chi connectivity index (χ2n) is 7.47. The second kappa shape index (κ2) is 8.31. The van der Waals surface area contributed by atoms with Gasteiger partial charge in [-0.2, -0.15) is 10.2 Å². The molecule has 0 spiro atoms. The molecule has 0 unspecified atom stereocenters. The van der Waals surface area contributed by atoms with Crippen LogP contribution < -0.4 is 5.32 Å². The lowest BCUT2D eigenvalue weighted by molar-refractivity contribution is -0.123. The van der Waals surface area contributed by atoms with Gasteiger partial charge in [0.15, 0.2) is 0 Å². The maximum atomic E-state index is 13.0. The summed E-state index contributed by atoms with van der Waals surface area (Å²) in [5.41, 5.74) is 2.38. The van der Waals surface area contributed by atoms with E-state index in [9.17, 15) is 9.59 Å². The van der Waals surface area contributed by atoms with Crippen molar-refractivity contribution in [3.8, 4) is 0 Å². The highest BCUT2D eigenvalue weighted by molar-refractivity contribution is 6.30. The standard InChI is InChI=1S/C21H24ClN5O3/c1-13-18(24-20(29)21(3,4)27-12-16(22)10-23-27)14(2)26(25-13)11-15-8-6-7-9-17(15)19(28)30-5/h6-10,12H,11H2,1-5H3,(H,24,29). The summed E-state index contributed by atoms with van der Waals surface area (Å²) in [6.45, 7) is 7.57. The Balaban J connectivity index is 1.86. The zero-order chi connectivity index (χ0) is 22.1. The van der Waals surface area contributed by atoms with Gasteiger partial charge in [0.25, 0.3) is 5.91 Å². The molecule has 1 N–H and O–H groups in total. The number of halogens is 1. The van der Waals surface area contributed by atoms with Gasteiger partial charge in [0.05, 0.1) is 47.5 Å². The monoisotopic (exact) mass is 429 g/mol. The number of aromatic nitrogens is 4. The van der Waals surface area contributed by atoms with Gasteiger partial charge in [0.2, 0.25) is 0 Å². The summed E-state index contributed by atoms with van der Waals surface area (Å²) in [5, 5.41) is 12.1. The zero-order valence-electron chi connectivity index (χ0n) is 17.6. The molecule has 0 saturated heterocycles. The van der Waals surface area contributed by atoms with Crippen LogP contribution in [0.5, 0.6) is 0 Å². The first-order valence-electron chi connectivity index (χ1n) is 9.37. The quantitative estimate of drug-likeness (QED) is 0.605. The number of hydrogen-bond acceptors (Lipinski definition) is 5. The van der Waals surface area contributed by atoms with Gasteiger partial charge in [-0.15, -0.1) is 0 Å². The number of methoxy groups -OCH3 is 1. The average Bonchev–Trinajstić information content (AvgIpc) is 3.27. The highest BCUT2D eigenvalue weighted by Gasteiger charge is 2.32. The van der Waals surface area contributed by atoms with Crippen molar-refractivity contribution in [1.29, 1.82) is 0 Å². The van der Waals surface area contributed by atoms with Crippen LogP contribution in [0.1, 0.15) is 41.2 Å². The Kier molecular flexibility index (Phi) is 5.98. The molecule has 0 fully saturated rings. The third kappa shape index (κ3) is 4.09. The Morgan fingerprint density at radius 1 is 1.23 bits per heavy atom. The van der Waals surface area contributed by atoms with E-state index in [2.05, 4.69) is 15.5 Å². The topological polar surface area (TPSA) is 91.0 Å². The van der Waals surface area contributed by atoms with Gasteiger partial charge in [0.1, 0.15) is 5.54 Å². The second-order valence-corrected chi connectivity index (χ2v) is 7.90. The van der Waals surface area contributed by atoms with E-state index in [1.165, 1.54) is 18.0 Å². The Morgan fingerprint density at radius 2 is 1.93 bits per heavy atom. The van der Waals surface area contributed by atoms with Gasteiger partial charge in [0, 0.05) is 6.20 Å². The van der Waals surface area contributed by atoms with Crippen molar-refractivity contribution in [3.63, 3.8) is 0 Å². The molecule has 0 saturated carbocycles. The lowest BCUT2D eigenvalue weighted by Crippen LogP contribution is -2.40. The summed E-state index contributed by atoms with van der Waals surface area (Å²) in [6.07, 6.45) is 3.10. The molecule has 2 heterocycles. The lowest BCUT2D eigenvalue weighted by Gasteiger charge is -2.24. The van der Waals surface area contributed by atoms with Crippen LogP contribution in [-0.4, -0.2) is 38.5 Å². The fraction of sp³-hybridized carbons (Fsp3) is 0.333. The number of rotatable bonds is 6. The van der Waals surface area contributed by atoms with Crippen molar-refractivity contribution >= 4 is 29.2 Å². The first kappa shape index (κ1) is 21.6. The van der Waals surface area contributed by atoms with Crippen molar-refractivity contribution in [3.05, 3.63) is 64.2 Å². The smallest absolute Gasteiger partial charge is 0.338 e. The highest BCUT2D eigenvalue weighted by Crippen LogP contribution is 2.25. The molecule has 9 heteroatoms. The van der Waals surface area contributed by atoms with Crippen molar-refractivity contribution < 1.29 is 14.3 Å². The van der Waals surface area contributed by atoms with Crippen molar-refractivity contribution in [2.45, 2.75) is 39.8 Å². The number of aryl methyl sites for hydroxylation is 1. The molecular formula is C21H24ClN5O3. The molecule has 1 aromatic carbocycles. The number of nitrogens with one attached hydrogen (secondary N) is 1. The Bertz CT molecular complexity index is 1100. The molecule has 0 bridgehead atoms.